The van der Waals surface area contributed by atoms with Crippen LogP contribution in [0, 0.1) is 0 Å². The maximum absolute atomic E-state index is 5.96. The molecular weight excluding hydrogens is 342 g/mol. The van der Waals surface area contributed by atoms with Gasteiger partial charge >= 0.3 is 0 Å². The van der Waals surface area contributed by atoms with Crippen molar-refractivity contribution in [3.63, 3.8) is 0 Å². The van der Waals surface area contributed by atoms with E-state index in [4.69, 9.17) is 9.40 Å². The van der Waals surface area contributed by atoms with E-state index in [0.717, 1.165) is 22.2 Å². The van der Waals surface area contributed by atoms with Crippen LogP contribution in [0.1, 0.15) is 44.9 Å². The van der Waals surface area contributed by atoms with Gasteiger partial charge in [0.2, 0.25) is 5.89 Å². The molecule has 0 aliphatic rings. The highest BCUT2D eigenvalue weighted by Gasteiger charge is 2.16. The maximum Gasteiger partial charge on any atom is 0.227 e. The molecule has 0 saturated heterocycles. The molecule has 0 unspecified atom stereocenters. The standard InChI is InChI=1S/C25H23NO.CH4/c1-25(2,3)21-15-16-23-22(17-21)26-24(27-23)20-13-11-19(12-14-20)10-9-18-7-5-4-6-8-18;/h4-17H,1-3H3;1H4. The van der Waals surface area contributed by atoms with Gasteiger partial charge in [0.05, 0.1) is 0 Å². The van der Waals surface area contributed by atoms with Crippen molar-refractivity contribution in [3.05, 3.63) is 89.5 Å². The molecule has 142 valence electrons. The van der Waals surface area contributed by atoms with E-state index in [1.165, 1.54) is 11.1 Å². The van der Waals surface area contributed by atoms with Crippen molar-refractivity contribution in [1.82, 2.24) is 4.98 Å². The fourth-order valence-corrected chi connectivity index (χ4v) is 3.01. The number of fused-ring (bicyclic) bond motifs is 1. The fourth-order valence-electron chi connectivity index (χ4n) is 3.01. The first-order valence-corrected chi connectivity index (χ1v) is 9.24. The van der Waals surface area contributed by atoms with Gasteiger partial charge in [0, 0.05) is 5.56 Å². The Hall–Kier alpha value is -3.13. The first-order chi connectivity index (χ1) is 13.0. The number of oxazole rings is 1. The molecule has 1 aromatic heterocycles. The van der Waals surface area contributed by atoms with Gasteiger partial charge in [0.15, 0.2) is 5.58 Å². The van der Waals surface area contributed by atoms with E-state index in [2.05, 4.69) is 81.5 Å². The number of hydrogen-bond donors (Lipinski definition) is 0. The van der Waals surface area contributed by atoms with Crippen molar-refractivity contribution in [1.29, 1.82) is 0 Å². The monoisotopic (exact) mass is 369 g/mol. The molecule has 0 N–H and O–H groups in total. The lowest BCUT2D eigenvalue weighted by atomic mass is 9.87. The molecule has 0 spiro atoms. The minimum Gasteiger partial charge on any atom is -0.436 e. The summed E-state index contributed by atoms with van der Waals surface area (Å²) >= 11 is 0. The van der Waals surface area contributed by atoms with Crippen LogP contribution >= 0.6 is 0 Å². The van der Waals surface area contributed by atoms with Crippen LogP contribution in [0.4, 0.5) is 0 Å². The second-order valence-corrected chi connectivity index (χ2v) is 7.82. The molecule has 0 bridgehead atoms. The summed E-state index contributed by atoms with van der Waals surface area (Å²) in [5.41, 5.74) is 6.41. The highest BCUT2D eigenvalue weighted by Crippen LogP contribution is 2.29. The molecule has 3 aromatic carbocycles. The van der Waals surface area contributed by atoms with E-state index in [1.807, 2.05) is 24.3 Å². The summed E-state index contributed by atoms with van der Waals surface area (Å²) in [4.78, 5) is 4.70. The summed E-state index contributed by atoms with van der Waals surface area (Å²) in [6.07, 6.45) is 4.23. The highest BCUT2D eigenvalue weighted by atomic mass is 16.3. The Kier molecular flexibility index (Phi) is 5.51. The zero-order valence-corrected chi connectivity index (χ0v) is 15.9. The zero-order chi connectivity index (χ0) is 18.9. The Labute approximate surface area is 167 Å². The number of hydrogen-bond acceptors (Lipinski definition) is 2. The van der Waals surface area contributed by atoms with Gasteiger partial charge in [-0.25, -0.2) is 4.98 Å². The molecule has 28 heavy (non-hydrogen) atoms. The molecule has 2 nitrogen and oxygen atoms in total. The molecule has 0 saturated carbocycles. The minimum absolute atomic E-state index is 0. The summed E-state index contributed by atoms with van der Waals surface area (Å²) in [6.45, 7) is 6.62. The van der Waals surface area contributed by atoms with Gasteiger partial charge in [0.1, 0.15) is 5.52 Å². The molecule has 4 rings (SSSR count). The van der Waals surface area contributed by atoms with Gasteiger partial charge in [-0.1, -0.05) is 88.9 Å². The van der Waals surface area contributed by atoms with E-state index >= 15 is 0 Å². The number of rotatable bonds is 3. The van der Waals surface area contributed by atoms with E-state index in [0.29, 0.717) is 5.89 Å². The van der Waals surface area contributed by atoms with Crippen LogP contribution < -0.4 is 0 Å². The van der Waals surface area contributed by atoms with Crippen LogP contribution in [0.2, 0.25) is 0 Å². The summed E-state index contributed by atoms with van der Waals surface area (Å²) in [6, 6.07) is 24.8. The van der Waals surface area contributed by atoms with E-state index < -0.39 is 0 Å². The Morgan fingerprint density at radius 3 is 2.07 bits per heavy atom. The van der Waals surface area contributed by atoms with Crippen LogP contribution in [0.5, 0.6) is 0 Å². The molecule has 2 heteroatoms. The summed E-state index contributed by atoms with van der Waals surface area (Å²) in [5, 5.41) is 0. The molecule has 4 aromatic rings. The van der Waals surface area contributed by atoms with Crippen molar-refractivity contribution in [2.45, 2.75) is 33.6 Å². The van der Waals surface area contributed by atoms with E-state index in [-0.39, 0.29) is 12.8 Å². The third-order valence-corrected chi connectivity index (χ3v) is 4.68. The van der Waals surface area contributed by atoms with Gasteiger partial charge in [-0.2, -0.15) is 0 Å². The summed E-state index contributed by atoms with van der Waals surface area (Å²) in [5.74, 6) is 0.662. The van der Waals surface area contributed by atoms with Gasteiger partial charge < -0.3 is 4.42 Å². The van der Waals surface area contributed by atoms with E-state index in [9.17, 15) is 0 Å². The average molecular weight is 370 g/mol. The van der Waals surface area contributed by atoms with Crippen molar-refractivity contribution in [2.24, 2.45) is 0 Å². The Bertz CT molecular complexity index is 1080. The third-order valence-electron chi connectivity index (χ3n) is 4.68. The van der Waals surface area contributed by atoms with Gasteiger partial charge in [-0.3, -0.25) is 0 Å². The summed E-state index contributed by atoms with van der Waals surface area (Å²) < 4.78 is 5.96. The Morgan fingerprint density at radius 1 is 0.786 bits per heavy atom. The third kappa shape index (κ3) is 4.23. The van der Waals surface area contributed by atoms with Gasteiger partial charge in [-0.15, -0.1) is 0 Å². The topological polar surface area (TPSA) is 26.0 Å². The molecule has 0 radical (unpaired) electrons. The van der Waals surface area contributed by atoms with Crippen molar-refractivity contribution in [3.8, 4) is 11.5 Å². The average Bonchev–Trinajstić information content (AvgIpc) is 3.10. The summed E-state index contributed by atoms with van der Waals surface area (Å²) in [7, 11) is 0. The zero-order valence-electron chi connectivity index (χ0n) is 15.9. The normalized spacial score (nSPS) is 11.7. The SMILES string of the molecule is C.CC(C)(C)c1ccc2oc(-c3ccc(C=Cc4ccccc4)cc3)nc2c1. The largest absolute Gasteiger partial charge is 0.436 e. The maximum atomic E-state index is 5.96. The number of benzene rings is 3. The molecule has 0 aliphatic heterocycles. The predicted octanol–water partition coefficient (Wildman–Crippen LogP) is 7.60. The molecule has 0 fully saturated rings. The van der Waals surface area contributed by atoms with Crippen molar-refractivity contribution >= 4 is 23.3 Å². The molecule has 0 aliphatic carbocycles. The van der Waals surface area contributed by atoms with Crippen LogP contribution in [-0.4, -0.2) is 4.98 Å². The fraction of sp³-hybridized carbons (Fsp3) is 0.192. The van der Waals surface area contributed by atoms with Gasteiger partial charge in [0.25, 0.3) is 0 Å². The molecule has 0 amide bonds. The van der Waals surface area contributed by atoms with E-state index in [1.54, 1.807) is 0 Å². The lowest BCUT2D eigenvalue weighted by molar-refractivity contribution is 0.590. The minimum atomic E-state index is 0. The van der Waals surface area contributed by atoms with Crippen LogP contribution in [0.15, 0.2) is 77.2 Å². The Morgan fingerprint density at radius 2 is 1.43 bits per heavy atom. The predicted molar refractivity (Wildman–Crippen MR) is 120 cm³/mol. The first kappa shape index (κ1) is 19.6. The first-order valence-electron chi connectivity index (χ1n) is 9.24. The van der Waals surface area contributed by atoms with Crippen molar-refractivity contribution in [2.75, 3.05) is 0 Å². The van der Waals surface area contributed by atoms with Gasteiger partial charge in [-0.05, 0) is 46.4 Å². The molecule has 1 heterocycles. The smallest absolute Gasteiger partial charge is 0.227 e. The highest BCUT2D eigenvalue weighted by molar-refractivity contribution is 5.78. The molecular formula is C26H27NO. The second kappa shape index (κ2) is 7.85. The lowest BCUT2D eigenvalue weighted by Gasteiger charge is -2.18. The van der Waals surface area contributed by atoms with Crippen LogP contribution in [0.3, 0.4) is 0 Å². The van der Waals surface area contributed by atoms with Crippen LogP contribution in [0.25, 0.3) is 34.7 Å². The van der Waals surface area contributed by atoms with Crippen LogP contribution in [-0.2, 0) is 5.41 Å². The quantitative estimate of drug-likeness (QED) is 0.347. The van der Waals surface area contributed by atoms with Crippen molar-refractivity contribution < 1.29 is 4.42 Å². The Balaban J connectivity index is 0.00000225. The number of aromatic nitrogens is 1. The second-order valence-electron chi connectivity index (χ2n) is 7.82. The lowest BCUT2D eigenvalue weighted by Crippen LogP contribution is -2.10. The molecule has 0 atom stereocenters. The number of nitrogens with zero attached hydrogens (tertiary/aromatic N) is 1.